The van der Waals surface area contributed by atoms with Crippen molar-refractivity contribution in [1.82, 2.24) is 9.55 Å². The van der Waals surface area contributed by atoms with E-state index in [9.17, 15) is 0 Å². The number of nitrogens with zero attached hydrogens (tertiary/aromatic N) is 4. The van der Waals surface area contributed by atoms with Crippen LogP contribution in [0.25, 0.3) is 38.4 Å². The Morgan fingerprint density at radius 3 is 1.65 bits per heavy atom. The highest BCUT2D eigenvalue weighted by Crippen LogP contribution is 2.48. The zero-order chi connectivity index (χ0) is 46.3. The number of para-hydroxylation sites is 3. The average Bonchev–Trinajstić information content (AvgIpc) is 3.84. The predicted molar refractivity (Wildman–Crippen MR) is 279 cm³/mol. The normalized spacial score (nSPS) is 13.6. The van der Waals surface area contributed by atoms with Gasteiger partial charge in [0.2, 0.25) is 0 Å². The van der Waals surface area contributed by atoms with Crippen molar-refractivity contribution in [2.75, 3.05) is 16.5 Å². The molecule has 10 rings (SSSR count). The van der Waals surface area contributed by atoms with E-state index in [4.69, 9.17) is 9.72 Å². The first kappa shape index (κ1) is 43.1. The molecule has 5 nitrogen and oxygen atoms in total. The maximum absolute atomic E-state index is 7.01. The van der Waals surface area contributed by atoms with E-state index in [0.29, 0.717) is 6.67 Å². The zero-order valence-corrected chi connectivity index (χ0v) is 40.5. The molecule has 0 spiro atoms. The van der Waals surface area contributed by atoms with Crippen LogP contribution in [0, 0.1) is 0 Å². The molecule has 3 heterocycles. The fourth-order valence-corrected chi connectivity index (χ4v) is 9.59. The van der Waals surface area contributed by atoms with Crippen molar-refractivity contribution < 1.29 is 4.74 Å². The highest BCUT2D eigenvalue weighted by molar-refractivity contribution is 6.09. The van der Waals surface area contributed by atoms with Crippen molar-refractivity contribution in [3.63, 3.8) is 0 Å². The lowest BCUT2D eigenvalue weighted by molar-refractivity contribution is 0.479. The van der Waals surface area contributed by atoms with Crippen LogP contribution in [0.1, 0.15) is 104 Å². The molecule has 9 aromatic rings. The number of hydrogen-bond donors (Lipinski definition) is 0. The molecule has 0 radical (unpaired) electrons. The summed E-state index contributed by atoms with van der Waals surface area (Å²) in [6, 6.07) is 57.7. The molecule has 0 aliphatic carbocycles. The van der Waals surface area contributed by atoms with Gasteiger partial charge in [-0.2, -0.15) is 0 Å². The van der Waals surface area contributed by atoms with Gasteiger partial charge in [-0.3, -0.25) is 4.57 Å². The fourth-order valence-electron chi connectivity index (χ4n) is 9.59. The summed E-state index contributed by atoms with van der Waals surface area (Å²) < 4.78 is 9.31. The van der Waals surface area contributed by atoms with Crippen LogP contribution in [0.5, 0.6) is 11.5 Å². The van der Waals surface area contributed by atoms with Crippen LogP contribution in [-0.4, -0.2) is 16.2 Å². The van der Waals surface area contributed by atoms with Crippen molar-refractivity contribution >= 4 is 55.3 Å². The quantitative estimate of drug-likeness (QED) is 0.160. The Balaban J connectivity index is 1.04. The van der Waals surface area contributed by atoms with Gasteiger partial charge < -0.3 is 14.5 Å². The molecule has 332 valence electrons. The second-order valence-corrected chi connectivity index (χ2v) is 21.9. The first-order chi connectivity index (χ1) is 31.3. The predicted octanol–water partition coefficient (Wildman–Crippen LogP) is 16.6. The van der Waals surface area contributed by atoms with E-state index in [1.54, 1.807) is 0 Å². The molecule has 5 heteroatoms. The third-order valence-corrected chi connectivity index (χ3v) is 13.8. The molecule has 0 fully saturated rings. The van der Waals surface area contributed by atoms with E-state index in [1.807, 2.05) is 6.20 Å². The van der Waals surface area contributed by atoms with Crippen LogP contribution in [0.3, 0.4) is 0 Å². The van der Waals surface area contributed by atoms with Crippen LogP contribution in [-0.2, 0) is 21.7 Å². The first-order valence-electron chi connectivity index (χ1n) is 23.5. The Bertz CT molecular complexity index is 3280. The molecule has 0 N–H and O–H groups in total. The van der Waals surface area contributed by atoms with Gasteiger partial charge in [0.1, 0.15) is 24.0 Å². The Hall–Kier alpha value is -6.85. The molecule has 0 saturated heterocycles. The highest BCUT2D eigenvalue weighted by Gasteiger charge is 2.32. The summed E-state index contributed by atoms with van der Waals surface area (Å²) in [4.78, 5) is 9.96. The van der Waals surface area contributed by atoms with Crippen molar-refractivity contribution in [2.24, 2.45) is 0 Å². The lowest BCUT2D eigenvalue weighted by atomic mass is 9.78. The number of ether oxygens (including phenoxy) is 1. The molecule has 66 heavy (non-hydrogen) atoms. The average molecular weight is 867 g/mol. The van der Waals surface area contributed by atoms with Crippen molar-refractivity contribution in [3.05, 3.63) is 192 Å². The monoisotopic (exact) mass is 866 g/mol. The van der Waals surface area contributed by atoms with Gasteiger partial charge >= 0.3 is 0 Å². The molecule has 0 atom stereocenters. The number of pyridine rings is 1. The summed E-state index contributed by atoms with van der Waals surface area (Å²) in [5.74, 6) is 2.45. The summed E-state index contributed by atoms with van der Waals surface area (Å²) in [6.45, 7) is 26.0. The minimum absolute atomic E-state index is 0.00942. The summed E-state index contributed by atoms with van der Waals surface area (Å²) >= 11 is 0. The molecule has 1 aliphatic rings. The molecule has 0 amide bonds. The Morgan fingerprint density at radius 1 is 0.424 bits per heavy atom. The van der Waals surface area contributed by atoms with Crippen molar-refractivity contribution in [2.45, 2.75) is 97.8 Å². The molecular formula is C61H62N4O. The third-order valence-electron chi connectivity index (χ3n) is 13.8. The van der Waals surface area contributed by atoms with Gasteiger partial charge in [0, 0.05) is 45.9 Å². The number of fused-ring (bicyclic) bond motifs is 5. The molecule has 2 aromatic heterocycles. The number of rotatable bonds is 7. The van der Waals surface area contributed by atoms with Gasteiger partial charge in [-0.25, -0.2) is 4.98 Å². The molecule has 0 saturated carbocycles. The lowest BCUT2D eigenvalue weighted by Gasteiger charge is -2.29. The molecule has 0 bridgehead atoms. The van der Waals surface area contributed by atoms with E-state index in [0.717, 1.165) is 39.4 Å². The molecule has 0 unspecified atom stereocenters. The first-order valence-corrected chi connectivity index (χ1v) is 23.5. The minimum Gasteiger partial charge on any atom is -0.457 e. The van der Waals surface area contributed by atoms with E-state index >= 15 is 0 Å². The van der Waals surface area contributed by atoms with Gasteiger partial charge in [0.05, 0.1) is 22.4 Å². The molecular weight excluding hydrogens is 805 g/mol. The lowest BCUT2D eigenvalue weighted by Crippen LogP contribution is -2.26. The standard InChI is InChI=1S/C61H62N4O/c1-58(2,3)44-31-45(59(4,5)6)33-47(32-44)63-39-64(55-23-17-16-22-54(55)63)48-34-46(60(7,8)9)35-50(37-48)66-49-26-27-52-51-20-14-15-21-53(51)65(56(52)38-49)57-36-43(28-29-62-57)61(10,11)42-25-24-40-18-12-13-19-41(40)30-42/h12-38H,39H2,1-11H3. The second-order valence-electron chi connectivity index (χ2n) is 21.9. The summed E-state index contributed by atoms with van der Waals surface area (Å²) in [5, 5.41) is 4.83. The summed E-state index contributed by atoms with van der Waals surface area (Å²) in [7, 11) is 0. The summed E-state index contributed by atoms with van der Waals surface area (Å²) in [6.07, 6.45) is 1.95. The Kier molecular flexibility index (Phi) is 10.2. The Labute approximate surface area is 391 Å². The maximum atomic E-state index is 7.01. The number of aromatic nitrogens is 2. The molecule has 1 aliphatic heterocycles. The van der Waals surface area contributed by atoms with Crippen LogP contribution in [0.15, 0.2) is 164 Å². The van der Waals surface area contributed by atoms with Gasteiger partial charge in [-0.1, -0.05) is 155 Å². The van der Waals surface area contributed by atoms with Gasteiger partial charge in [-0.05, 0) is 122 Å². The Morgan fingerprint density at radius 2 is 0.985 bits per heavy atom. The highest BCUT2D eigenvalue weighted by atomic mass is 16.5. The van der Waals surface area contributed by atoms with E-state index < -0.39 is 0 Å². The van der Waals surface area contributed by atoms with Gasteiger partial charge in [-0.15, -0.1) is 0 Å². The van der Waals surface area contributed by atoms with Crippen molar-refractivity contribution in [1.29, 1.82) is 0 Å². The van der Waals surface area contributed by atoms with Gasteiger partial charge in [0.25, 0.3) is 0 Å². The number of benzene rings is 7. The van der Waals surface area contributed by atoms with Crippen LogP contribution in [0.4, 0.5) is 22.7 Å². The maximum Gasteiger partial charge on any atom is 0.137 e. The van der Waals surface area contributed by atoms with Crippen LogP contribution < -0.4 is 14.5 Å². The summed E-state index contributed by atoms with van der Waals surface area (Å²) in [5.41, 5.74) is 12.8. The fraction of sp³-hybridized carbons (Fsp3) is 0.262. The van der Waals surface area contributed by atoms with E-state index in [1.165, 1.54) is 61.0 Å². The largest absolute Gasteiger partial charge is 0.457 e. The SMILES string of the molecule is CC(C)(C)c1cc(Oc2ccc3c4ccccc4n(-c4cc(C(C)(C)c5ccc6ccccc6c5)ccn4)c3c2)cc(N2CN(c3cc(C(C)(C)C)cc(C(C)(C)C)c3)c3ccccc32)c1. The van der Waals surface area contributed by atoms with Gasteiger partial charge in [0.15, 0.2) is 0 Å². The van der Waals surface area contributed by atoms with Crippen LogP contribution >= 0.6 is 0 Å². The van der Waals surface area contributed by atoms with Crippen LogP contribution in [0.2, 0.25) is 0 Å². The topological polar surface area (TPSA) is 33.5 Å². The zero-order valence-electron chi connectivity index (χ0n) is 40.5. The minimum atomic E-state index is -0.261. The van der Waals surface area contributed by atoms with E-state index in [-0.39, 0.29) is 21.7 Å². The number of hydrogen-bond acceptors (Lipinski definition) is 4. The molecule has 7 aromatic carbocycles. The number of anilines is 4. The smallest absolute Gasteiger partial charge is 0.137 e. The van der Waals surface area contributed by atoms with E-state index in [2.05, 4.69) is 248 Å². The van der Waals surface area contributed by atoms with Crippen molar-refractivity contribution in [3.8, 4) is 17.3 Å². The second kappa shape index (κ2) is 15.7. The third kappa shape index (κ3) is 7.78.